The summed E-state index contributed by atoms with van der Waals surface area (Å²) in [5, 5.41) is 16.4. The Morgan fingerprint density at radius 2 is 2.00 bits per heavy atom. The maximum atomic E-state index is 11.4. The van der Waals surface area contributed by atoms with E-state index in [0.29, 0.717) is 12.5 Å². The third-order valence-electron chi connectivity index (χ3n) is 3.05. The van der Waals surface area contributed by atoms with E-state index in [2.05, 4.69) is 10.6 Å². The van der Waals surface area contributed by atoms with Crippen LogP contribution in [0.1, 0.15) is 18.4 Å². The van der Waals surface area contributed by atoms with Crippen LogP contribution in [0.15, 0.2) is 24.3 Å². The highest BCUT2D eigenvalue weighted by Crippen LogP contribution is 2.27. The van der Waals surface area contributed by atoms with Crippen LogP contribution in [0.3, 0.4) is 0 Å². The summed E-state index contributed by atoms with van der Waals surface area (Å²) in [5.41, 5.74) is 0.992. The van der Waals surface area contributed by atoms with E-state index in [0.717, 1.165) is 12.1 Å². The third-order valence-corrected chi connectivity index (χ3v) is 3.05. The number of carbonyl (C=O) groups is 1. The van der Waals surface area contributed by atoms with Crippen LogP contribution in [0.25, 0.3) is 0 Å². The molecule has 0 atom stereocenters. The lowest BCUT2D eigenvalue weighted by atomic mass is 10.2. The van der Waals surface area contributed by atoms with Gasteiger partial charge in [0.1, 0.15) is 0 Å². The summed E-state index contributed by atoms with van der Waals surface area (Å²) < 4.78 is 0. The van der Waals surface area contributed by atoms with Gasteiger partial charge in [0.2, 0.25) is 5.91 Å². The predicted octanol–water partition coefficient (Wildman–Crippen LogP) is 1.21. The maximum absolute atomic E-state index is 11.4. The van der Waals surface area contributed by atoms with Crippen molar-refractivity contribution in [3.05, 3.63) is 39.9 Å². The summed E-state index contributed by atoms with van der Waals surface area (Å²) in [6, 6.07) is 6.30. The summed E-state index contributed by atoms with van der Waals surface area (Å²) in [6.45, 7) is 1.57. The number of nitrogens with one attached hydrogen (secondary N) is 2. The molecule has 1 aromatic rings. The second-order valence-electron chi connectivity index (χ2n) is 4.77. The SMILES string of the molecule is O=C(CNCc1ccc([N+](=O)[O-])cc1)NCC1CC1. The second kappa shape index (κ2) is 6.29. The minimum absolute atomic E-state index is 0.00573. The molecule has 0 saturated heterocycles. The first-order valence-electron chi connectivity index (χ1n) is 6.36. The number of nitrogens with zero attached hydrogens (tertiary/aromatic N) is 1. The van der Waals surface area contributed by atoms with Gasteiger partial charge in [-0.3, -0.25) is 14.9 Å². The number of hydrogen-bond acceptors (Lipinski definition) is 4. The average Bonchev–Trinajstić information content (AvgIpc) is 3.21. The molecule has 1 saturated carbocycles. The molecule has 0 spiro atoms. The van der Waals surface area contributed by atoms with Crippen LogP contribution in [-0.2, 0) is 11.3 Å². The van der Waals surface area contributed by atoms with E-state index in [-0.39, 0.29) is 18.1 Å². The molecule has 0 aliphatic heterocycles. The molecule has 1 amide bonds. The summed E-state index contributed by atoms with van der Waals surface area (Å²) in [4.78, 5) is 21.5. The Bertz CT molecular complexity index is 455. The van der Waals surface area contributed by atoms with Gasteiger partial charge in [0, 0.05) is 25.2 Å². The number of non-ortho nitro benzene ring substituents is 1. The Morgan fingerprint density at radius 1 is 1.32 bits per heavy atom. The molecule has 0 radical (unpaired) electrons. The molecule has 19 heavy (non-hydrogen) atoms. The minimum atomic E-state index is -0.428. The van der Waals surface area contributed by atoms with Crippen LogP contribution in [-0.4, -0.2) is 23.9 Å². The molecule has 6 nitrogen and oxygen atoms in total. The van der Waals surface area contributed by atoms with Crippen molar-refractivity contribution in [3.8, 4) is 0 Å². The van der Waals surface area contributed by atoms with Crippen LogP contribution in [0.5, 0.6) is 0 Å². The Labute approximate surface area is 111 Å². The van der Waals surface area contributed by atoms with Gasteiger partial charge in [-0.2, -0.15) is 0 Å². The smallest absolute Gasteiger partial charge is 0.269 e. The van der Waals surface area contributed by atoms with Gasteiger partial charge in [-0.25, -0.2) is 0 Å². The third kappa shape index (κ3) is 4.67. The fourth-order valence-electron chi connectivity index (χ4n) is 1.70. The highest BCUT2D eigenvalue weighted by molar-refractivity contribution is 5.77. The number of nitro benzene ring substituents is 1. The highest BCUT2D eigenvalue weighted by Gasteiger charge is 2.21. The van der Waals surface area contributed by atoms with E-state index in [4.69, 9.17) is 0 Å². The molecule has 0 aromatic heterocycles. The summed E-state index contributed by atoms with van der Waals surface area (Å²) in [6.07, 6.45) is 2.44. The lowest BCUT2D eigenvalue weighted by Gasteiger charge is -2.06. The minimum Gasteiger partial charge on any atom is -0.355 e. The molecule has 0 bridgehead atoms. The molecular weight excluding hydrogens is 246 g/mol. The zero-order valence-electron chi connectivity index (χ0n) is 10.6. The lowest BCUT2D eigenvalue weighted by Crippen LogP contribution is -2.34. The number of carbonyl (C=O) groups excluding carboxylic acids is 1. The Hall–Kier alpha value is -1.95. The van der Waals surface area contributed by atoms with Gasteiger partial charge in [0.25, 0.3) is 5.69 Å². The average molecular weight is 263 g/mol. The molecule has 1 aromatic carbocycles. The first-order chi connectivity index (χ1) is 9.15. The van der Waals surface area contributed by atoms with E-state index in [1.807, 2.05) is 0 Å². The van der Waals surface area contributed by atoms with E-state index in [9.17, 15) is 14.9 Å². The summed E-state index contributed by atoms with van der Waals surface area (Å²) in [5.74, 6) is 0.674. The monoisotopic (exact) mass is 263 g/mol. The van der Waals surface area contributed by atoms with Crippen LogP contribution < -0.4 is 10.6 Å². The standard InChI is InChI=1S/C13H17N3O3/c17-13(15-8-11-1-2-11)9-14-7-10-3-5-12(6-4-10)16(18)19/h3-6,11,14H,1-2,7-9H2,(H,15,17). The van der Waals surface area contributed by atoms with Crippen molar-refractivity contribution in [2.24, 2.45) is 5.92 Å². The number of rotatable bonds is 7. The molecule has 6 heteroatoms. The molecule has 2 N–H and O–H groups in total. The van der Waals surface area contributed by atoms with E-state index in [1.165, 1.54) is 25.0 Å². The van der Waals surface area contributed by atoms with Crippen LogP contribution in [0, 0.1) is 16.0 Å². The number of benzene rings is 1. The van der Waals surface area contributed by atoms with Gasteiger partial charge in [-0.15, -0.1) is 0 Å². The van der Waals surface area contributed by atoms with Crippen molar-refractivity contribution in [2.75, 3.05) is 13.1 Å². The molecule has 0 unspecified atom stereocenters. The van der Waals surface area contributed by atoms with Crippen LogP contribution in [0.4, 0.5) is 5.69 Å². The van der Waals surface area contributed by atoms with Crippen LogP contribution in [0.2, 0.25) is 0 Å². The van der Waals surface area contributed by atoms with Gasteiger partial charge >= 0.3 is 0 Å². The summed E-state index contributed by atoms with van der Waals surface area (Å²) >= 11 is 0. The maximum Gasteiger partial charge on any atom is 0.269 e. The van der Waals surface area contributed by atoms with Crippen molar-refractivity contribution in [1.82, 2.24) is 10.6 Å². The zero-order chi connectivity index (χ0) is 13.7. The Morgan fingerprint density at radius 3 is 2.58 bits per heavy atom. The quantitative estimate of drug-likeness (QED) is 0.572. The highest BCUT2D eigenvalue weighted by atomic mass is 16.6. The molecule has 102 valence electrons. The Kier molecular flexibility index (Phi) is 4.46. The molecule has 0 heterocycles. The zero-order valence-corrected chi connectivity index (χ0v) is 10.6. The van der Waals surface area contributed by atoms with Crippen molar-refractivity contribution < 1.29 is 9.72 Å². The molecule has 1 fully saturated rings. The van der Waals surface area contributed by atoms with E-state index >= 15 is 0 Å². The van der Waals surface area contributed by atoms with Crippen molar-refractivity contribution in [2.45, 2.75) is 19.4 Å². The van der Waals surface area contributed by atoms with Gasteiger partial charge < -0.3 is 10.6 Å². The van der Waals surface area contributed by atoms with Gasteiger partial charge in [-0.05, 0) is 24.3 Å². The van der Waals surface area contributed by atoms with Crippen molar-refractivity contribution >= 4 is 11.6 Å². The van der Waals surface area contributed by atoms with E-state index in [1.54, 1.807) is 12.1 Å². The molecule has 2 rings (SSSR count). The Balaban J connectivity index is 1.66. The van der Waals surface area contributed by atoms with Crippen molar-refractivity contribution in [3.63, 3.8) is 0 Å². The van der Waals surface area contributed by atoms with Gasteiger partial charge in [0.15, 0.2) is 0 Å². The van der Waals surface area contributed by atoms with Gasteiger partial charge in [0.05, 0.1) is 11.5 Å². The molecule has 1 aliphatic rings. The number of nitro groups is 1. The topological polar surface area (TPSA) is 84.3 Å². The molecule has 1 aliphatic carbocycles. The first-order valence-corrected chi connectivity index (χ1v) is 6.36. The fraction of sp³-hybridized carbons (Fsp3) is 0.462. The van der Waals surface area contributed by atoms with Gasteiger partial charge in [-0.1, -0.05) is 12.1 Å². The van der Waals surface area contributed by atoms with Crippen molar-refractivity contribution in [1.29, 1.82) is 0 Å². The van der Waals surface area contributed by atoms with Crippen LogP contribution >= 0.6 is 0 Å². The molecular formula is C13H17N3O3. The number of amides is 1. The van der Waals surface area contributed by atoms with E-state index < -0.39 is 4.92 Å². The predicted molar refractivity (Wildman–Crippen MR) is 70.5 cm³/mol. The number of hydrogen-bond donors (Lipinski definition) is 2. The largest absolute Gasteiger partial charge is 0.355 e. The lowest BCUT2D eigenvalue weighted by molar-refractivity contribution is -0.384. The fourth-order valence-corrected chi connectivity index (χ4v) is 1.70. The normalized spacial score (nSPS) is 14.1. The summed E-state index contributed by atoms with van der Waals surface area (Å²) in [7, 11) is 0. The second-order valence-corrected chi connectivity index (χ2v) is 4.77. The first kappa shape index (κ1) is 13.5.